The number of nitrogens with zero attached hydrogens (tertiary/aromatic N) is 2. The molecule has 2 rings (SSSR count). The lowest BCUT2D eigenvalue weighted by Crippen LogP contribution is -2.07. The monoisotopic (exact) mass is 297 g/mol. The lowest BCUT2D eigenvalue weighted by molar-refractivity contribution is -0.384. The normalized spacial score (nSPS) is 12.2. The highest BCUT2D eigenvalue weighted by atomic mass is 35.5. The van der Waals surface area contributed by atoms with Crippen molar-refractivity contribution in [2.24, 2.45) is 0 Å². The van der Waals surface area contributed by atoms with E-state index in [2.05, 4.69) is 10.3 Å². The van der Waals surface area contributed by atoms with E-state index in [1.807, 2.05) is 19.2 Å². The Balaban J connectivity index is 2.22. The van der Waals surface area contributed by atoms with E-state index in [1.165, 1.54) is 18.2 Å². The van der Waals surface area contributed by atoms with Gasteiger partial charge in [0.2, 0.25) is 0 Å². The summed E-state index contributed by atoms with van der Waals surface area (Å²) in [4.78, 5) is 14.7. The van der Waals surface area contributed by atoms with Crippen molar-refractivity contribution in [3.63, 3.8) is 0 Å². The minimum absolute atomic E-state index is 0.00792. The topological polar surface area (TPSA) is 68.1 Å². The molecule has 1 heterocycles. The number of nitrogens with one attached hydrogen (secondary N) is 1. The van der Waals surface area contributed by atoms with Crippen LogP contribution in [0.5, 0.6) is 0 Å². The van der Waals surface area contributed by atoms with E-state index in [9.17, 15) is 10.1 Å². The highest BCUT2D eigenvalue weighted by Gasteiger charge is 2.14. The van der Waals surface area contributed by atoms with Gasteiger partial charge in [-0.05, 0) is 19.9 Å². The molecule has 0 aliphatic heterocycles. The number of halogens is 1. The summed E-state index contributed by atoms with van der Waals surface area (Å²) >= 11 is 7.60. The number of nitro benzene ring substituents is 1. The molecule has 0 spiro atoms. The molecule has 0 aliphatic rings. The van der Waals surface area contributed by atoms with Gasteiger partial charge in [-0.1, -0.05) is 11.6 Å². The number of benzene rings is 1. The van der Waals surface area contributed by atoms with Crippen LogP contribution in [0.1, 0.15) is 23.7 Å². The largest absolute Gasteiger partial charge is 0.376 e. The number of aryl methyl sites for hydroxylation is 1. The standard InChI is InChI=1S/C12H12ClN3O2S/c1-7(12-6-19-8(2)15-12)14-11-5-9(16(17)18)3-4-10(11)13/h3-7,14H,1-2H3. The van der Waals surface area contributed by atoms with Gasteiger partial charge < -0.3 is 5.32 Å². The first kappa shape index (κ1) is 13.8. The fourth-order valence-electron chi connectivity index (χ4n) is 1.62. The first-order valence-corrected chi connectivity index (χ1v) is 6.85. The summed E-state index contributed by atoms with van der Waals surface area (Å²) in [5.74, 6) is 0. The second-order valence-corrected chi connectivity index (χ2v) is 5.55. The highest BCUT2D eigenvalue weighted by molar-refractivity contribution is 7.09. The number of anilines is 1. The second kappa shape index (κ2) is 5.54. The van der Waals surface area contributed by atoms with Gasteiger partial charge in [0.25, 0.3) is 5.69 Å². The third-order valence-corrected chi connectivity index (χ3v) is 3.73. The molecule has 0 radical (unpaired) electrons. The van der Waals surface area contributed by atoms with Crippen LogP contribution in [0.2, 0.25) is 5.02 Å². The van der Waals surface area contributed by atoms with Crippen molar-refractivity contribution >= 4 is 34.3 Å². The number of rotatable bonds is 4. The summed E-state index contributed by atoms with van der Waals surface area (Å²) in [6.07, 6.45) is 0. The van der Waals surface area contributed by atoms with E-state index in [4.69, 9.17) is 11.6 Å². The number of thiazole rings is 1. The van der Waals surface area contributed by atoms with Gasteiger partial charge in [-0.3, -0.25) is 10.1 Å². The molecule has 1 N–H and O–H groups in total. The molecule has 5 nitrogen and oxygen atoms in total. The van der Waals surface area contributed by atoms with E-state index in [0.717, 1.165) is 10.7 Å². The number of hydrogen-bond donors (Lipinski definition) is 1. The van der Waals surface area contributed by atoms with Gasteiger partial charge in [0.15, 0.2) is 0 Å². The minimum Gasteiger partial charge on any atom is -0.376 e. The molecule has 1 unspecified atom stereocenters. The Kier molecular flexibility index (Phi) is 4.01. The Bertz CT molecular complexity index is 615. The predicted molar refractivity (Wildman–Crippen MR) is 77.0 cm³/mol. The van der Waals surface area contributed by atoms with Crippen LogP contribution in [0.4, 0.5) is 11.4 Å². The SMILES string of the molecule is Cc1nc(C(C)Nc2cc([N+](=O)[O-])ccc2Cl)cs1. The van der Waals surface area contributed by atoms with Crippen molar-refractivity contribution in [2.75, 3.05) is 5.32 Å². The van der Waals surface area contributed by atoms with Crippen LogP contribution in [0.3, 0.4) is 0 Å². The van der Waals surface area contributed by atoms with Crippen molar-refractivity contribution in [2.45, 2.75) is 19.9 Å². The maximum Gasteiger partial charge on any atom is 0.271 e. The first-order chi connectivity index (χ1) is 8.97. The molecule has 0 saturated carbocycles. The number of hydrogen-bond acceptors (Lipinski definition) is 5. The molecular weight excluding hydrogens is 286 g/mol. The summed E-state index contributed by atoms with van der Waals surface area (Å²) in [5, 5.41) is 17.3. The zero-order valence-electron chi connectivity index (χ0n) is 10.4. The smallest absolute Gasteiger partial charge is 0.271 e. The van der Waals surface area contributed by atoms with Crippen LogP contribution in [-0.4, -0.2) is 9.91 Å². The molecular formula is C12H12ClN3O2S. The molecule has 0 amide bonds. The average molecular weight is 298 g/mol. The Hall–Kier alpha value is -1.66. The summed E-state index contributed by atoms with van der Waals surface area (Å²) < 4.78 is 0. The quantitative estimate of drug-likeness (QED) is 0.679. The Morgan fingerprint density at radius 3 is 2.84 bits per heavy atom. The lowest BCUT2D eigenvalue weighted by atomic mass is 10.2. The van der Waals surface area contributed by atoms with Crippen LogP contribution in [0, 0.1) is 17.0 Å². The van der Waals surface area contributed by atoms with Gasteiger partial charge in [-0.15, -0.1) is 11.3 Å². The van der Waals surface area contributed by atoms with Crippen LogP contribution in [-0.2, 0) is 0 Å². The lowest BCUT2D eigenvalue weighted by Gasteiger charge is -2.14. The minimum atomic E-state index is -0.445. The van der Waals surface area contributed by atoms with E-state index in [0.29, 0.717) is 10.7 Å². The van der Waals surface area contributed by atoms with Crippen LogP contribution in [0.15, 0.2) is 23.6 Å². The summed E-state index contributed by atoms with van der Waals surface area (Å²) in [7, 11) is 0. The Morgan fingerprint density at radius 2 is 2.26 bits per heavy atom. The molecule has 100 valence electrons. The van der Waals surface area contributed by atoms with E-state index in [-0.39, 0.29) is 11.7 Å². The Morgan fingerprint density at radius 1 is 1.53 bits per heavy atom. The number of nitro groups is 1. The van der Waals surface area contributed by atoms with Gasteiger partial charge in [-0.2, -0.15) is 0 Å². The average Bonchev–Trinajstić information content (AvgIpc) is 2.78. The van der Waals surface area contributed by atoms with Crippen molar-refractivity contribution in [1.29, 1.82) is 0 Å². The van der Waals surface area contributed by atoms with Gasteiger partial charge in [0, 0.05) is 17.5 Å². The summed E-state index contributed by atoms with van der Waals surface area (Å²) in [6, 6.07) is 4.26. The molecule has 1 aromatic carbocycles. The van der Waals surface area contributed by atoms with Crippen molar-refractivity contribution in [3.8, 4) is 0 Å². The maximum atomic E-state index is 10.7. The second-order valence-electron chi connectivity index (χ2n) is 4.08. The molecule has 0 aliphatic carbocycles. The maximum absolute atomic E-state index is 10.7. The predicted octanol–water partition coefficient (Wildman–Crippen LogP) is 4.19. The molecule has 19 heavy (non-hydrogen) atoms. The zero-order chi connectivity index (χ0) is 14.0. The van der Waals surface area contributed by atoms with Crippen molar-refractivity contribution < 1.29 is 4.92 Å². The fraction of sp³-hybridized carbons (Fsp3) is 0.250. The molecule has 1 aromatic heterocycles. The summed E-state index contributed by atoms with van der Waals surface area (Å²) in [6.45, 7) is 3.87. The highest BCUT2D eigenvalue weighted by Crippen LogP contribution is 2.30. The molecule has 2 aromatic rings. The third-order valence-electron chi connectivity index (χ3n) is 2.61. The fourth-order valence-corrected chi connectivity index (χ4v) is 2.50. The van der Waals surface area contributed by atoms with E-state index < -0.39 is 4.92 Å². The van der Waals surface area contributed by atoms with Gasteiger partial charge in [-0.25, -0.2) is 4.98 Å². The Labute approximate surface area is 119 Å². The van der Waals surface area contributed by atoms with E-state index in [1.54, 1.807) is 11.3 Å². The number of non-ortho nitro benzene ring substituents is 1. The molecule has 0 fully saturated rings. The van der Waals surface area contributed by atoms with Gasteiger partial charge >= 0.3 is 0 Å². The zero-order valence-corrected chi connectivity index (χ0v) is 12.0. The molecule has 0 saturated heterocycles. The van der Waals surface area contributed by atoms with Crippen molar-refractivity contribution in [1.82, 2.24) is 4.98 Å². The summed E-state index contributed by atoms with van der Waals surface area (Å²) in [5.41, 5.74) is 1.44. The van der Waals surface area contributed by atoms with Crippen LogP contribution < -0.4 is 5.32 Å². The van der Waals surface area contributed by atoms with Gasteiger partial charge in [0.05, 0.1) is 32.4 Å². The molecule has 1 atom stereocenters. The van der Waals surface area contributed by atoms with Crippen molar-refractivity contribution in [3.05, 3.63) is 49.4 Å². The van der Waals surface area contributed by atoms with Gasteiger partial charge in [0.1, 0.15) is 0 Å². The molecule has 7 heteroatoms. The van der Waals surface area contributed by atoms with E-state index >= 15 is 0 Å². The van der Waals surface area contributed by atoms with Crippen LogP contribution >= 0.6 is 22.9 Å². The van der Waals surface area contributed by atoms with Crippen LogP contribution in [0.25, 0.3) is 0 Å². The molecule has 0 bridgehead atoms. The first-order valence-electron chi connectivity index (χ1n) is 5.60. The third kappa shape index (κ3) is 3.21. The number of aromatic nitrogens is 1.